The fourth-order valence-electron chi connectivity index (χ4n) is 3.85. The van der Waals surface area contributed by atoms with Crippen LogP contribution in [-0.4, -0.2) is 45.9 Å². The molecule has 5 rings (SSSR count). The normalized spacial score (nSPS) is 15.8. The van der Waals surface area contributed by atoms with Crippen LogP contribution in [0.3, 0.4) is 0 Å². The second kappa shape index (κ2) is 8.39. The van der Waals surface area contributed by atoms with Crippen molar-refractivity contribution in [2.75, 3.05) is 26.2 Å². The zero-order valence-electron chi connectivity index (χ0n) is 16.3. The van der Waals surface area contributed by atoms with Crippen LogP contribution in [0, 0.1) is 5.82 Å². The molecule has 0 aliphatic carbocycles. The number of benzene rings is 1. The summed E-state index contributed by atoms with van der Waals surface area (Å²) in [4.78, 5) is 27.4. The first-order valence-electron chi connectivity index (χ1n) is 9.89. The molecule has 0 atom stereocenters. The van der Waals surface area contributed by atoms with Gasteiger partial charge in [-0.1, -0.05) is 18.2 Å². The van der Waals surface area contributed by atoms with Gasteiger partial charge in [0.25, 0.3) is 5.56 Å². The molecule has 8 heteroatoms. The maximum absolute atomic E-state index is 13.2. The number of nitrogens with one attached hydrogen (secondary N) is 1. The highest BCUT2D eigenvalue weighted by molar-refractivity contribution is 7.17. The van der Waals surface area contributed by atoms with E-state index in [4.69, 9.17) is 4.98 Å². The number of halogens is 1. The smallest absolute Gasteiger partial charge is 0.260 e. The molecule has 1 fully saturated rings. The zero-order valence-corrected chi connectivity index (χ0v) is 17.9. The van der Waals surface area contributed by atoms with E-state index >= 15 is 0 Å². The maximum atomic E-state index is 13.2. The molecular formula is C22H21FN4OS2. The van der Waals surface area contributed by atoms with E-state index in [0.29, 0.717) is 17.8 Å². The Labute approximate surface area is 181 Å². The van der Waals surface area contributed by atoms with Crippen LogP contribution in [0.5, 0.6) is 0 Å². The van der Waals surface area contributed by atoms with Gasteiger partial charge in [-0.3, -0.25) is 14.6 Å². The van der Waals surface area contributed by atoms with Gasteiger partial charge in [0.15, 0.2) is 0 Å². The standard InChI is InChI=1S/C22H21FN4OS2/c23-16-5-3-15(4-6-16)18-14-30-22-20(18)21(28)24-19(25-22)13-27-9-7-26(8-10-27)12-17-2-1-11-29-17/h1-6,11,14H,7-10,12-13H2,(H,24,25,28). The molecule has 1 aromatic carbocycles. The Bertz CT molecular complexity index is 1190. The van der Waals surface area contributed by atoms with Crippen LogP contribution in [0.2, 0.25) is 0 Å². The predicted octanol–water partition coefficient (Wildman–Crippen LogP) is 4.17. The number of fused-ring (bicyclic) bond motifs is 1. The van der Waals surface area contributed by atoms with Crippen molar-refractivity contribution in [3.63, 3.8) is 0 Å². The highest BCUT2D eigenvalue weighted by Crippen LogP contribution is 2.30. The van der Waals surface area contributed by atoms with Gasteiger partial charge in [-0.2, -0.15) is 0 Å². The number of thiophene rings is 2. The van der Waals surface area contributed by atoms with Crippen molar-refractivity contribution in [1.29, 1.82) is 0 Å². The first-order valence-corrected chi connectivity index (χ1v) is 11.6. The summed E-state index contributed by atoms with van der Waals surface area (Å²) in [6, 6.07) is 10.5. The van der Waals surface area contributed by atoms with Gasteiger partial charge in [0, 0.05) is 48.5 Å². The Hall–Kier alpha value is -2.39. The van der Waals surface area contributed by atoms with E-state index in [2.05, 4.69) is 32.3 Å². The molecule has 4 aromatic rings. The lowest BCUT2D eigenvalue weighted by molar-refractivity contribution is 0.120. The summed E-state index contributed by atoms with van der Waals surface area (Å²) in [5, 5.41) is 4.62. The average Bonchev–Trinajstić information content (AvgIpc) is 3.40. The third-order valence-electron chi connectivity index (χ3n) is 5.45. The van der Waals surface area contributed by atoms with Gasteiger partial charge in [0.2, 0.25) is 0 Å². The molecule has 154 valence electrons. The number of nitrogens with zero attached hydrogens (tertiary/aromatic N) is 3. The minimum Gasteiger partial charge on any atom is -0.309 e. The van der Waals surface area contributed by atoms with Crippen molar-refractivity contribution in [3.05, 3.63) is 74.0 Å². The summed E-state index contributed by atoms with van der Waals surface area (Å²) >= 11 is 3.26. The Morgan fingerprint density at radius 2 is 1.73 bits per heavy atom. The van der Waals surface area contributed by atoms with Crippen LogP contribution in [0.4, 0.5) is 4.39 Å². The summed E-state index contributed by atoms with van der Waals surface area (Å²) in [5.41, 5.74) is 1.49. The van der Waals surface area contributed by atoms with E-state index in [1.807, 2.05) is 5.38 Å². The van der Waals surface area contributed by atoms with Crippen LogP contribution in [0.1, 0.15) is 10.7 Å². The SMILES string of the molecule is O=c1[nH]c(CN2CCN(Cc3cccs3)CC2)nc2scc(-c3ccc(F)cc3)c12. The fourth-order valence-corrected chi connectivity index (χ4v) is 5.56. The third-order valence-corrected chi connectivity index (χ3v) is 7.18. The Morgan fingerprint density at radius 3 is 2.43 bits per heavy atom. The zero-order chi connectivity index (χ0) is 20.5. The number of H-pyrrole nitrogens is 1. The predicted molar refractivity (Wildman–Crippen MR) is 121 cm³/mol. The molecule has 5 nitrogen and oxygen atoms in total. The van der Waals surface area contributed by atoms with Crippen molar-refractivity contribution < 1.29 is 4.39 Å². The largest absolute Gasteiger partial charge is 0.309 e. The third kappa shape index (κ3) is 4.09. The maximum Gasteiger partial charge on any atom is 0.260 e. The van der Waals surface area contributed by atoms with E-state index in [9.17, 15) is 9.18 Å². The number of rotatable bonds is 5. The van der Waals surface area contributed by atoms with Crippen LogP contribution in [0.25, 0.3) is 21.3 Å². The lowest BCUT2D eigenvalue weighted by Gasteiger charge is -2.34. The lowest BCUT2D eigenvalue weighted by atomic mass is 10.1. The van der Waals surface area contributed by atoms with Crippen molar-refractivity contribution >= 4 is 32.9 Å². The van der Waals surface area contributed by atoms with E-state index < -0.39 is 0 Å². The first-order chi connectivity index (χ1) is 14.7. The molecule has 4 heterocycles. The minimum atomic E-state index is -0.289. The Balaban J connectivity index is 1.29. The number of aromatic nitrogens is 2. The molecule has 0 bridgehead atoms. The van der Waals surface area contributed by atoms with Crippen molar-refractivity contribution in [3.8, 4) is 11.1 Å². The highest BCUT2D eigenvalue weighted by atomic mass is 32.1. The highest BCUT2D eigenvalue weighted by Gasteiger charge is 2.19. The van der Waals surface area contributed by atoms with E-state index in [1.54, 1.807) is 23.5 Å². The van der Waals surface area contributed by atoms with Gasteiger partial charge < -0.3 is 4.98 Å². The molecule has 0 unspecified atom stereocenters. The van der Waals surface area contributed by atoms with Crippen LogP contribution >= 0.6 is 22.7 Å². The summed E-state index contributed by atoms with van der Waals surface area (Å²) < 4.78 is 13.2. The van der Waals surface area contributed by atoms with Gasteiger partial charge in [0.1, 0.15) is 16.5 Å². The Morgan fingerprint density at radius 1 is 1.00 bits per heavy atom. The Kier molecular flexibility index (Phi) is 5.47. The lowest BCUT2D eigenvalue weighted by Crippen LogP contribution is -2.45. The van der Waals surface area contributed by atoms with E-state index in [1.165, 1.54) is 28.3 Å². The van der Waals surface area contributed by atoms with E-state index in [0.717, 1.165) is 48.7 Å². The molecule has 0 radical (unpaired) electrons. The minimum absolute atomic E-state index is 0.132. The average molecular weight is 441 g/mol. The van der Waals surface area contributed by atoms with Gasteiger partial charge in [-0.25, -0.2) is 9.37 Å². The second-order valence-corrected chi connectivity index (χ2v) is 9.37. The number of piperazine rings is 1. The van der Waals surface area contributed by atoms with Crippen molar-refractivity contribution in [2.45, 2.75) is 13.1 Å². The fraction of sp³-hybridized carbons (Fsp3) is 0.273. The molecule has 1 N–H and O–H groups in total. The molecule has 1 aliphatic rings. The number of aromatic amines is 1. The summed E-state index contributed by atoms with van der Waals surface area (Å²) in [7, 11) is 0. The molecular weight excluding hydrogens is 419 g/mol. The molecule has 1 saturated heterocycles. The first kappa shape index (κ1) is 19.6. The summed E-state index contributed by atoms with van der Waals surface area (Å²) in [6.45, 7) is 5.59. The van der Waals surface area contributed by atoms with Gasteiger partial charge >= 0.3 is 0 Å². The van der Waals surface area contributed by atoms with Crippen LogP contribution in [0.15, 0.2) is 52.0 Å². The molecule has 3 aromatic heterocycles. The van der Waals surface area contributed by atoms with E-state index in [-0.39, 0.29) is 11.4 Å². The van der Waals surface area contributed by atoms with Gasteiger partial charge in [-0.15, -0.1) is 22.7 Å². The monoisotopic (exact) mass is 440 g/mol. The second-order valence-electron chi connectivity index (χ2n) is 7.48. The molecule has 0 amide bonds. The summed E-state index contributed by atoms with van der Waals surface area (Å²) in [6.07, 6.45) is 0. The number of hydrogen-bond acceptors (Lipinski definition) is 6. The molecule has 1 aliphatic heterocycles. The summed E-state index contributed by atoms with van der Waals surface area (Å²) in [5.74, 6) is 0.412. The van der Waals surface area contributed by atoms with Gasteiger partial charge in [-0.05, 0) is 29.1 Å². The van der Waals surface area contributed by atoms with Crippen LogP contribution in [-0.2, 0) is 13.1 Å². The quantitative estimate of drug-likeness (QED) is 0.506. The van der Waals surface area contributed by atoms with Crippen molar-refractivity contribution in [2.24, 2.45) is 0 Å². The topological polar surface area (TPSA) is 52.2 Å². The molecule has 30 heavy (non-hydrogen) atoms. The molecule has 0 saturated carbocycles. The van der Waals surface area contributed by atoms with Gasteiger partial charge in [0.05, 0.1) is 11.9 Å². The number of hydrogen-bond donors (Lipinski definition) is 1. The molecule has 0 spiro atoms. The van der Waals surface area contributed by atoms with Crippen LogP contribution < -0.4 is 5.56 Å². The van der Waals surface area contributed by atoms with Crippen molar-refractivity contribution in [1.82, 2.24) is 19.8 Å².